The molecule has 2 aromatic rings. The number of hydrogen-bond donors (Lipinski definition) is 2. The zero-order valence-corrected chi connectivity index (χ0v) is 15.2. The molecule has 6 nitrogen and oxygen atoms in total. The molecule has 2 aliphatic rings. The van der Waals surface area contributed by atoms with E-state index in [2.05, 4.69) is 39.3 Å². The number of anilines is 1. The third-order valence-corrected chi connectivity index (χ3v) is 5.09. The maximum absolute atomic E-state index is 5.71. The molecule has 0 saturated heterocycles. The van der Waals surface area contributed by atoms with Crippen molar-refractivity contribution in [2.45, 2.75) is 12.6 Å². The molecule has 2 aliphatic heterocycles. The summed E-state index contributed by atoms with van der Waals surface area (Å²) in [6, 6.07) is 6.12. The summed E-state index contributed by atoms with van der Waals surface area (Å²) >= 11 is 3.45. The highest BCUT2D eigenvalue weighted by Gasteiger charge is 2.39. The third kappa shape index (κ3) is 2.57. The number of hydrogen-bond acceptors (Lipinski definition) is 4. The Morgan fingerprint density at radius 1 is 1.38 bits per heavy atom. The number of methoxy groups -OCH3 is 1. The van der Waals surface area contributed by atoms with Crippen LogP contribution in [0.25, 0.3) is 0 Å². The number of fused-ring (bicyclic) bond motifs is 2. The Kier molecular flexibility index (Phi) is 3.97. The first-order chi connectivity index (χ1) is 11.7. The minimum absolute atomic E-state index is 0.0654. The Labute approximate surface area is 148 Å². The Hall–Kier alpha value is -1.99. The second-order valence-electron chi connectivity index (χ2n) is 6.06. The first-order valence-electron chi connectivity index (χ1n) is 7.93. The van der Waals surface area contributed by atoms with Gasteiger partial charge in [-0.25, -0.2) is 10.3 Å². The molecule has 0 radical (unpaired) electrons. The van der Waals surface area contributed by atoms with Crippen molar-refractivity contribution in [1.82, 2.24) is 0 Å². The summed E-state index contributed by atoms with van der Waals surface area (Å²) < 4.78 is 17.9. The summed E-state index contributed by atoms with van der Waals surface area (Å²) in [7, 11) is 3.87. The average Bonchev–Trinajstić information content (AvgIpc) is 3.05. The Morgan fingerprint density at radius 2 is 2.25 bits per heavy atom. The van der Waals surface area contributed by atoms with Crippen LogP contribution in [-0.4, -0.2) is 27.5 Å². The molecule has 0 saturated carbocycles. The average molecular weight is 394 g/mol. The van der Waals surface area contributed by atoms with E-state index in [0.29, 0.717) is 5.75 Å². The van der Waals surface area contributed by atoms with Gasteiger partial charge in [-0.2, -0.15) is 0 Å². The number of H-pyrrole nitrogens is 1. The van der Waals surface area contributed by atoms with E-state index in [4.69, 9.17) is 14.2 Å². The van der Waals surface area contributed by atoms with Crippen molar-refractivity contribution in [2.75, 3.05) is 32.8 Å². The quantitative estimate of drug-likeness (QED) is 0.821. The van der Waals surface area contributed by atoms with Gasteiger partial charge < -0.3 is 14.2 Å². The molecule has 0 aliphatic carbocycles. The van der Waals surface area contributed by atoms with Crippen LogP contribution in [0.2, 0.25) is 0 Å². The smallest absolute Gasteiger partial charge is 0.277 e. The fraction of sp³-hybridized carbons (Fsp3) is 0.353. The van der Waals surface area contributed by atoms with Crippen LogP contribution < -0.4 is 29.4 Å². The molecule has 4 rings (SSSR count). The van der Waals surface area contributed by atoms with E-state index in [1.165, 1.54) is 10.5 Å². The molecular formula is C17H20BrN3O3+2. The van der Waals surface area contributed by atoms with E-state index < -0.39 is 0 Å². The normalized spacial score (nSPS) is 21.3. The number of pyridine rings is 1. The van der Waals surface area contributed by atoms with Crippen LogP contribution >= 0.6 is 15.9 Å². The molecule has 0 amide bonds. The van der Waals surface area contributed by atoms with Crippen LogP contribution in [0.5, 0.6) is 17.2 Å². The first-order valence-corrected chi connectivity index (χ1v) is 8.72. The Bertz CT molecular complexity index is 767. The zero-order valence-electron chi connectivity index (χ0n) is 13.6. The number of ether oxygens (including phenoxy) is 3. The fourth-order valence-corrected chi connectivity index (χ4v) is 3.62. The highest BCUT2D eigenvalue weighted by molar-refractivity contribution is 9.10. The minimum atomic E-state index is 0.0654. The molecule has 0 bridgehead atoms. The highest BCUT2D eigenvalue weighted by atomic mass is 79.9. The number of likely N-dealkylation sites (N-methyl/N-ethyl adjacent to an activating group) is 1. The van der Waals surface area contributed by atoms with Gasteiger partial charge in [0.1, 0.15) is 11.8 Å². The van der Waals surface area contributed by atoms with E-state index >= 15 is 0 Å². The van der Waals surface area contributed by atoms with Crippen LogP contribution in [0.1, 0.15) is 17.3 Å². The number of aromatic nitrogens is 1. The van der Waals surface area contributed by atoms with Gasteiger partial charge in [0.2, 0.25) is 12.5 Å². The van der Waals surface area contributed by atoms with Gasteiger partial charge >= 0.3 is 0 Å². The van der Waals surface area contributed by atoms with Crippen molar-refractivity contribution in [1.29, 1.82) is 0 Å². The molecular weight excluding hydrogens is 374 g/mol. The lowest BCUT2D eigenvalue weighted by molar-refractivity contribution is -0.910. The van der Waals surface area contributed by atoms with E-state index in [1.807, 2.05) is 18.3 Å². The van der Waals surface area contributed by atoms with Gasteiger partial charge in [-0.1, -0.05) is 0 Å². The van der Waals surface area contributed by atoms with E-state index in [1.54, 1.807) is 7.11 Å². The van der Waals surface area contributed by atoms with Crippen molar-refractivity contribution in [3.8, 4) is 17.2 Å². The molecule has 2 atom stereocenters. The summed E-state index contributed by atoms with van der Waals surface area (Å²) in [6.07, 6.45) is 2.96. The summed E-state index contributed by atoms with van der Waals surface area (Å²) in [5.74, 6) is 3.21. The van der Waals surface area contributed by atoms with Crippen LogP contribution in [-0.2, 0) is 6.42 Å². The van der Waals surface area contributed by atoms with Crippen molar-refractivity contribution >= 4 is 21.7 Å². The van der Waals surface area contributed by atoms with Crippen molar-refractivity contribution in [2.24, 2.45) is 0 Å². The van der Waals surface area contributed by atoms with Crippen LogP contribution in [0, 0.1) is 0 Å². The number of quaternary nitrogens is 1. The van der Waals surface area contributed by atoms with Crippen molar-refractivity contribution in [3.05, 3.63) is 40.0 Å². The topological polar surface area (TPSA) is 58.3 Å². The predicted octanol–water partition coefficient (Wildman–Crippen LogP) is 1.18. The summed E-state index contributed by atoms with van der Waals surface area (Å²) in [6.45, 7) is 1.28. The van der Waals surface area contributed by atoms with Crippen LogP contribution in [0.15, 0.2) is 28.9 Å². The number of rotatable bonds is 3. The highest BCUT2D eigenvalue weighted by Crippen LogP contribution is 2.47. The lowest BCUT2D eigenvalue weighted by Crippen LogP contribution is -3.11. The maximum atomic E-state index is 5.71. The lowest BCUT2D eigenvalue weighted by atomic mass is 9.95. The summed E-state index contributed by atoms with van der Waals surface area (Å²) in [5.41, 5.74) is 2.39. The monoisotopic (exact) mass is 393 g/mol. The van der Waals surface area contributed by atoms with Gasteiger partial charge in [0.05, 0.1) is 25.2 Å². The molecule has 7 heteroatoms. The predicted molar refractivity (Wildman–Crippen MR) is 91.6 cm³/mol. The van der Waals surface area contributed by atoms with Gasteiger partial charge in [-0.3, -0.25) is 4.90 Å². The van der Waals surface area contributed by atoms with Gasteiger partial charge in [0, 0.05) is 12.5 Å². The van der Waals surface area contributed by atoms with E-state index in [0.717, 1.165) is 40.3 Å². The molecule has 24 heavy (non-hydrogen) atoms. The zero-order chi connectivity index (χ0) is 16.7. The Balaban J connectivity index is 1.78. The lowest BCUT2D eigenvalue weighted by Gasteiger charge is -2.30. The van der Waals surface area contributed by atoms with Crippen LogP contribution in [0.3, 0.4) is 0 Å². The Morgan fingerprint density at radius 3 is 3.00 bits per heavy atom. The fourth-order valence-electron chi connectivity index (χ4n) is 3.37. The standard InChI is InChI=1S/C17H18BrN3O3/c1-21-6-5-10-7-12-15(24-9-23-12)16(22-2)14(10)17(21)20-13-4-3-11(18)8-19-13/h3-4,7-8,17H,5-6,9H2,1-2H3,(H,19,20)/p+2/t17-/m1/s1. The molecule has 1 aromatic carbocycles. The first kappa shape index (κ1) is 15.5. The minimum Gasteiger partial charge on any atom is -0.492 e. The SMILES string of the molecule is COc1c2c(cc3c1[C@H](Nc1ccc(Br)c[nH+]1)[NH+](C)CC3)OCO2. The molecule has 3 heterocycles. The third-order valence-electron chi connectivity index (χ3n) is 4.59. The number of benzene rings is 1. The van der Waals surface area contributed by atoms with Crippen LogP contribution in [0.4, 0.5) is 5.82 Å². The number of aromatic amines is 1. The largest absolute Gasteiger partial charge is 0.492 e. The second-order valence-corrected chi connectivity index (χ2v) is 6.98. The molecule has 3 N–H and O–H groups in total. The van der Waals surface area contributed by atoms with Gasteiger partial charge in [-0.05, 0) is 33.6 Å². The second kappa shape index (κ2) is 6.14. The molecule has 0 fully saturated rings. The summed E-state index contributed by atoms with van der Waals surface area (Å²) in [4.78, 5) is 4.63. The van der Waals surface area contributed by atoms with Gasteiger partial charge in [0.25, 0.3) is 12.0 Å². The maximum Gasteiger partial charge on any atom is 0.277 e. The van der Waals surface area contributed by atoms with Gasteiger partial charge in [0.15, 0.2) is 11.5 Å². The van der Waals surface area contributed by atoms with Crippen molar-refractivity contribution in [3.63, 3.8) is 0 Å². The van der Waals surface area contributed by atoms with Gasteiger partial charge in [-0.15, -0.1) is 0 Å². The van der Waals surface area contributed by atoms with Crippen molar-refractivity contribution < 1.29 is 24.1 Å². The summed E-state index contributed by atoms with van der Waals surface area (Å²) in [5, 5.41) is 3.59. The molecule has 126 valence electrons. The molecule has 1 aromatic heterocycles. The van der Waals surface area contributed by atoms with E-state index in [-0.39, 0.29) is 13.0 Å². The number of halogens is 1. The molecule has 0 spiro atoms. The van der Waals surface area contributed by atoms with E-state index in [9.17, 15) is 0 Å². The molecule has 1 unspecified atom stereocenters. The number of nitrogens with one attached hydrogen (secondary N) is 3.